The first-order chi connectivity index (χ1) is 24.5. The van der Waals surface area contributed by atoms with Gasteiger partial charge in [-0.15, -0.1) is 0 Å². The van der Waals surface area contributed by atoms with Crippen LogP contribution in [0.5, 0.6) is 0 Å². The minimum Gasteiger partial charge on any atom is -0.460 e. The maximum Gasteiger partial charge on any atom is 0.494 e. The molecule has 1 fully saturated rings. The van der Waals surface area contributed by atoms with Gasteiger partial charge in [-0.2, -0.15) is 5.26 Å². The number of hydrogen-bond donors (Lipinski definition) is 0. The van der Waals surface area contributed by atoms with Gasteiger partial charge in [-0.1, -0.05) is 62.4 Å². The number of hydrogen-bond acceptors (Lipinski definition) is 8. The van der Waals surface area contributed by atoms with Crippen LogP contribution in [0.25, 0.3) is 11.1 Å². The largest absolute Gasteiger partial charge is 0.494 e. The highest BCUT2D eigenvalue weighted by Crippen LogP contribution is 2.36. The molecule has 0 atom stereocenters. The summed E-state index contributed by atoms with van der Waals surface area (Å²) in [7, 11) is -0.352. The lowest BCUT2D eigenvalue weighted by molar-refractivity contribution is -0.155. The average molecular weight is 727 g/mol. The fraction of sp³-hybridized carbons (Fsp3) is 0.535. The summed E-state index contributed by atoms with van der Waals surface area (Å²) >= 11 is 0. The quantitative estimate of drug-likeness (QED) is 0.144. The van der Waals surface area contributed by atoms with Crippen LogP contribution >= 0.6 is 0 Å². The second-order valence-corrected chi connectivity index (χ2v) is 17.1. The van der Waals surface area contributed by atoms with E-state index in [2.05, 4.69) is 19.9 Å². The van der Waals surface area contributed by atoms with Crippen molar-refractivity contribution in [3.63, 3.8) is 0 Å². The minimum absolute atomic E-state index is 0.165. The number of aromatic nitrogens is 1. The van der Waals surface area contributed by atoms with Crippen LogP contribution < -0.4 is 11.0 Å². The van der Waals surface area contributed by atoms with Crippen LogP contribution in [0.3, 0.4) is 0 Å². The highest BCUT2D eigenvalue weighted by atomic mass is 16.7. The Morgan fingerprint density at radius 1 is 0.792 bits per heavy atom. The smallest absolute Gasteiger partial charge is 0.460 e. The molecule has 2 aromatic carbocycles. The molecule has 1 aliphatic heterocycles. The molecule has 286 valence electrons. The van der Waals surface area contributed by atoms with E-state index < -0.39 is 11.2 Å². The van der Waals surface area contributed by atoms with E-state index in [-0.39, 0.29) is 41.4 Å². The van der Waals surface area contributed by atoms with E-state index in [0.29, 0.717) is 43.7 Å². The highest BCUT2D eigenvalue weighted by molar-refractivity contribution is 6.62. The predicted octanol–water partition coefficient (Wildman–Crippen LogP) is 7.97. The van der Waals surface area contributed by atoms with Gasteiger partial charge in [0, 0.05) is 31.1 Å². The van der Waals surface area contributed by atoms with Crippen LogP contribution in [0.4, 0.5) is 0 Å². The molecule has 0 saturated carbocycles. The molecule has 1 aromatic heterocycles. The first-order valence-corrected chi connectivity index (χ1v) is 18.6. The SMILES string of the molecule is CC(C)(C)OC(=O)CCc1ccc(B2OC(C)(C)C(C)(C)O2)cc1.CC(C)CCn1ccc(-c2ccc(CCC(=O)OC(C)(C)C)cc2)c(C#N)c1=O. The molecule has 0 unspecified atom stereocenters. The van der Waals surface area contributed by atoms with Gasteiger partial charge >= 0.3 is 19.1 Å². The summed E-state index contributed by atoms with van der Waals surface area (Å²) in [6.07, 6.45) is 4.59. The Kier molecular flexibility index (Phi) is 14.5. The Balaban J connectivity index is 0.000000290. The van der Waals surface area contributed by atoms with Crippen LogP contribution in [0, 0.1) is 17.2 Å². The Morgan fingerprint density at radius 3 is 1.66 bits per heavy atom. The van der Waals surface area contributed by atoms with Crippen molar-refractivity contribution >= 4 is 24.5 Å². The molecular formula is C43H59BN2O7. The van der Waals surface area contributed by atoms with Gasteiger partial charge in [0.1, 0.15) is 22.8 Å². The van der Waals surface area contributed by atoms with Crippen molar-refractivity contribution in [2.75, 3.05) is 0 Å². The highest BCUT2D eigenvalue weighted by Gasteiger charge is 2.51. The lowest BCUT2D eigenvalue weighted by atomic mass is 9.78. The van der Waals surface area contributed by atoms with Crippen LogP contribution in [0.1, 0.15) is 119 Å². The van der Waals surface area contributed by atoms with Gasteiger partial charge in [0.05, 0.1) is 11.2 Å². The third kappa shape index (κ3) is 13.3. The zero-order valence-corrected chi connectivity index (χ0v) is 33.9. The van der Waals surface area contributed by atoms with E-state index in [9.17, 15) is 19.6 Å². The molecule has 0 aliphatic carbocycles. The van der Waals surface area contributed by atoms with Gasteiger partial charge < -0.3 is 23.3 Å². The fourth-order valence-electron chi connectivity index (χ4n) is 5.45. The monoisotopic (exact) mass is 726 g/mol. The van der Waals surface area contributed by atoms with Crippen molar-refractivity contribution in [2.45, 2.75) is 144 Å². The molecule has 3 aromatic rings. The number of carbonyl (C=O) groups is 2. The molecule has 0 amide bonds. The van der Waals surface area contributed by atoms with E-state index in [1.54, 1.807) is 10.8 Å². The molecule has 0 N–H and O–H groups in total. The number of ether oxygens (including phenoxy) is 2. The van der Waals surface area contributed by atoms with Gasteiger partial charge in [-0.25, -0.2) is 0 Å². The molecule has 2 heterocycles. The van der Waals surface area contributed by atoms with Crippen molar-refractivity contribution < 1.29 is 28.4 Å². The Labute approximate surface area is 317 Å². The zero-order chi connectivity index (χ0) is 39.8. The molecular weight excluding hydrogens is 667 g/mol. The lowest BCUT2D eigenvalue weighted by Crippen LogP contribution is -2.41. The maximum absolute atomic E-state index is 12.7. The van der Waals surface area contributed by atoms with Crippen LogP contribution in [-0.2, 0) is 47.8 Å². The first-order valence-electron chi connectivity index (χ1n) is 18.6. The van der Waals surface area contributed by atoms with E-state index in [0.717, 1.165) is 28.6 Å². The number of nitrogens with zero attached hydrogens (tertiary/aromatic N) is 2. The number of rotatable bonds is 11. The molecule has 0 spiro atoms. The predicted molar refractivity (Wildman–Crippen MR) is 211 cm³/mol. The van der Waals surface area contributed by atoms with E-state index in [4.69, 9.17) is 18.8 Å². The maximum atomic E-state index is 12.7. The van der Waals surface area contributed by atoms with Gasteiger partial charge in [0.2, 0.25) is 0 Å². The summed E-state index contributed by atoms with van der Waals surface area (Å²) in [5, 5.41) is 9.54. The third-order valence-electron chi connectivity index (χ3n) is 9.07. The summed E-state index contributed by atoms with van der Waals surface area (Å²) in [5.41, 5.74) is 2.87. The number of aryl methyl sites for hydroxylation is 3. The topological polar surface area (TPSA) is 117 Å². The van der Waals surface area contributed by atoms with Crippen LogP contribution in [0.2, 0.25) is 0 Å². The second kappa shape index (κ2) is 17.8. The van der Waals surface area contributed by atoms with E-state index in [1.165, 1.54) is 0 Å². The molecule has 1 saturated heterocycles. The molecule has 0 bridgehead atoms. The zero-order valence-electron chi connectivity index (χ0n) is 33.9. The lowest BCUT2D eigenvalue weighted by Gasteiger charge is -2.32. The van der Waals surface area contributed by atoms with E-state index in [1.807, 2.05) is 124 Å². The number of nitriles is 1. The van der Waals surface area contributed by atoms with Gasteiger partial charge in [-0.3, -0.25) is 14.4 Å². The third-order valence-corrected chi connectivity index (χ3v) is 9.07. The van der Waals surface area contributed by atoms with Crippen molar-refractivity contribution in [3.8, 4) is 17.2 Å². The van der Waals surface area contributed by atoms with Crippen molar-refractivity contribution in [3.05, 3.63) is 87.8 Å². The fourth-order valence-corrected chi connectivity index (χ4v) is 5.45. The van der Waals surface area contributed by atoms with Crippen LogP contribution in [0.15, 0.2) is 65.6 Å². The molecule has 10 heteroatoms. The number of benzene rings is 2. The van der Waals surface area contributed by atoms with Gasteiger partial charge in [0.25, 0.3) is 5.56 Å². The molecule has 9 nitrogen and oxygen atoms in total. The summed E-state index contributed by atoms with van der Waals surface area (Å²) in [4.78, 5) is 36.3. The van der Waals surface area contributed by atoms with Crippen molar-refractivity contribution in [2.24, 2.45) is 5.92 Å². The Morgan fingerprint density at radius 2 is 1.25 bits per heavy atom. The van der Waals surface area contributed by atoms with E-state index >= 15 is 0 Å². The number of carbonyl (C=O) groups excluding carboxylic acids is 2. The van der Waals surface area contributed by atoms with Crippen LogP contribution in [-0.4, -0.2) is 46.0 Å². The van der Waals surface area contributed by atoms with Crippen molar-refractivity contribution in [1.82, 2.24) is 4.57 Å². The second-order valence-electron chi connectivity index (χ2n) is 17.1. The van der Waals surface area contributed by atoms with Crippen molar-refractivity contribution in [1.29, 1.82) is 5.26 Å². The molecule has 0 radical (unpaired) electrons. The number of pyridine rings is 1. The Bertz CT molecular complexity index is 1770. The first kappa shape index (κ1) is 43.2. The minimum atomic E-state index is -0.482. The summed E-state index contributed by atoms with van der Waals surface area (Å²) in [6.45, 7) is 24.2. The normalized spacial score (nSPS) is 15.0. The van der Waals surface area contributed by atoms with Gasteiger partial charge in [0.15, 0.2) is 0 Å². The summed E-state index contributed by atoms with van der Waals surface area (Å²) < 4.78 is 24.4. The van der Waals surface area contributed by atoms with Gasteiger partial charge in [-0.05, 0) is 123 Å². The average Bonchev–Trinajstić information content (AvgIpc) is 3.27. The molecule has 53 heavy (non-hydrogen) atoms. The Hall–Kier alpha value is -4.20. The standard InChI is InChI=1S/C24H30N2O3.C19H29BO4/c1-17(2)12-14-26-15-13-20(21(16-25)23(26)28)19-9-6-18(7-10-19)8-11-22(27)29-24(3,4)5;1-17(2,3)22-16(21)13-10-14-8-11-15(12-9-14)20-23-18(4,5)19(6,7)24-20/h6-7,9-10,13,15,17H,8,11-12,14H2,1-5H3;8-9,11-12H,10,13H2,1-7H3. The molecule has 4 rings (SSSR count). The summed E-state index contributed by atoms with van der Waals surface area (Å²) in [6, 6.07) is 19.6. The number of esters is 2. The summed E-state index contributed by atoms with van der Waals surface area (Å²) in [5.74, 6) is 0.0937. The molecule has 1 aliphatic rings.